The lowest BCUT2D eigenvalue weighted by Gasteiger charge is -2.32. The molecule has 2 fully saturated rings. The average molecular weight is 434 g/mol. The van der Waals surface area contributed by atoms with Crippen LogP contribution in [0.2, 0.25) is 0 Å². The Bertz CT molecular complexity index is 1000. The highest BCUT2D eigenvalue weighted by Crippen LogP contribution is 2.33. The lowest BCUT2D eigenvalue weighted by molar-refractivity contribution is 0.0588. The highest BCUT2D eigenvalue weighted by Gasteiger charge is 2.39. The number of sulfonamides is 1. The number of anilines is 1. The normalized spacial score (nSPS) is 17.6. The van der Waals surface area contributed by atoms with Gasteiger partial charge >= 0.3 is 0 Å². The number of carbonyl (C=O) groups is 1. The van der Waals surface area contributed by atoms with Crippen molar-refractivity contribution in [2.75, 3.05) is 24.4 Å². The molecule has 7 nitrogen and oxygen atoms in total. The highest BCUT2D eigenvalue weighted by molar-refractivity contribution is 7.93. The first kappa shape index (κ1) is 20.6. The molecule has 160 valence electrons. The summed E-state index contributed by atoms with van der Waals surface area (Å²) in [6.45, 7) is 1.09. The van der Waals surface area contributed by atoms with Crippen LogP contribution in [0.4, 0.5) is 10.1 Å². The number of piperidine rings is 1. The summed E-state index contributed by atoms with van der Waals surface area (Å²) in [6, 6.07) is 8.91. The van der Waals surface area contributed by atoms with E-state index in [1.54, 1.807) is 24.1 Å². The van der Waals surface area contributed by atoms with Gasteiger partial charge in [0.05, 0.1) is 17.1 Å². The van der Waals surface area contributed by atoms with E-state index >= 15 is 0 Å². The molecular formula is C21H24FN3O4S. The van der Waals surface area contributed by atoms with E-state index < -0.39 is 10.0 Å². The van der Waals surface area contributed by atoms with Crippen LogP contribution in [0, 0.1) is 5.82 Å². The Morgan fingerprint density at radius 1 is 1.10 bits per heavy atom. The van der Waals surface area contributed by atoms with Crippen LogP contribution < -0.4 is 9.04 Å². The fourth-order valence-electron chi connectivity index (χ4n) is 3.49. The molecule has 2 aromatic rings. The Kier molecular flexibility index (Phi) is 5.64. The van der Waals surface area contributed by atoms with E-state index in [0.717, 1.165) is 0 Å². The van der Waals surface area contributed by atoms with E-state index in [1.807, 2.05) is 0 Å². The third-order valence-electron chi connectivity index (χ3n) is 5.52. The van der Waals surface area contributed by atoms with Crippen molar-refractivity contribution in [1.29, 1.82) is 0 Å². The molecule has 0 unspecified atom stereocenters. The zero-order chi connectivity index (χ0) is 21.3. The van der Waals surface area contributed by atoms with Crippen LogP contribution >= 0.6 is 0 Å². The van der Waals surface area contributed by atoms with E-state index in [9.17, 15) is 17.6 Å². The fourth-order valence-corrected chi connectivity index (χ4v) is 5.07. The monoisotopic (exact) mass is 433 g/mol. The van der Waals surface area contributed by atoms with Crippen molar-refractivity contribution in [3.05, 3.63) is 54.0 Å². The minimum absolute atomic E-state index is 0.0754. The quantitative estimate of drug-likeness (QED) is 0.700. The summed E-state index contributed by atoms with van der Waals surface area (Å²) in [5.41, 5.74) is 0.979. The van der Waals surface area contributed by atoms with Gasteiger partial charge in [0.15, 0.2) is 0 Å². The Balaban J connectivity index is 1.31. The van der Waals surface area contributed by atoms with Gasteiger partial charge in [0.2, 0.25) is 15.9 Å². The third-order valence-corrected chi connectivity index (χ3v) is 7.81. The zero-order valence-corrected chi connectivity index (χ0v) is 17.5. The van der Waals surface area contributed by atoms with E-state index in [4.69, 9.17) is 4.74 Å². The predicted octanol–water partition coefficient (Wildman–Crippen LogP) is 2.83. The highest BCUT2D eigenvalue weighted by atomic mass is 32.2. The standard InChI is InChI=1S/C21H24FN3O4S/c1-24(30(27,28)19-7-8-19)17-6-9-20(23-14-17)29-18-10-12-25(13-11-18)21(26)15-2-4-16(22)5-3-15/h2-6,9,14,18-19H,7-8,10-13H2,1H3. The van der Waals surface area contributed by atoms with Gasteiger partial charge in [-0.2, -0.15) is 0 Å². The lowest BCUT2D eigenvalue weighted by Crippen LogP contribution is -2.41. The van der Waals surface area contributed by atoms with Crippen molar-refractivity contribution in [2.45, 2.75) is 37.0 Å². The fraction of sp³-hybridized carbons (Fsp3) is 0.429. The first-order chi connectivity index (χ1) is 14.3. The van der Waals surface area contributed by atoms with Crippen molar-refractivity contribution in [1.82, 2.24) is 9.88 Å². The smallest absolute Gasteiger partial charge is 0.253 e. The van der Waals surface area contributed by atoms with Gasteiger partial charge in [-0.15, -0.1) is 0 Å². The summed E-state index contributed by atoms with van der Waals surface area (Å²) in [5.74, 6) is -0.0522. The Morgan fingerprint density at radius 3 is 2.33 bits per heavy atom. The van der Waals surface area contributed by atoms with Crippen LogP contribution in [0.15, 0.2) is 42.6 Å². The number of rotatable bonds is 6. The van der Waals surface area contributed by atoms with Gasteiger partial charge < -0.3 is 9.64 Å². The molecule has 4 rings (SSSR count). The predicted molar refractivity (Wildman–Crippen MR) is 111 cm³/mol. The van der Waals surface area contributed by atoms with Crippen LogP contribution in [-0.2, 0) is 10.0 Å². The molecule has 0 radical (unpaired) electrons. The topological polar surface area (TPSA) is 79.8 Å². The Morgan fingerprint density at radius 2 is 1.77 bits per heavy atom. The van der Waals surface area contributed by atoms with Crippen LogP contribution in [-0.4, -0.2) is 55.7 Å². The molecule has 9 heteroatoms. The van der Waals surface area contributed by atoms with Gasteiger partial charge in [-0.1, -0.05) is 0 Å². The summed E-state index contributed by atoms with van der Waals surface area (Å²) in [5, 5.41) is -0.277. The summed E-state index contributed by atoms with van der Waals surface area (Å²) in [7, 11) is -1.76. The molecule has 30 heavy (non-hydrogen) atoms. The number of nitrogens with zero attached hydrogens (tertiary/aromatic N) is 3. The average Bonchev–Trinajstić information content (AvgIpc) is 3.60. The summed E-state index contributed by atoms with van der Waals surface area (Å²) < 4.78 is 44.9. The molecule has 1 amide bonds. The third kappa shape index (κ3) is 4.40. The number of hydrogen-bond acceptors (Lipinski definition) is 5. The maximum absolute atomic E-state index is 13.0. The molecule has 1 saturated heterocycles. The van der Waals surface area contributed by atoms with Crippen molar-refractivity contribution in [2.24, 2.45) is 0 Å². The lowest BCUT2D eigenvalue weighted by atomic mass is 10.1. The summed E-state index contributed by atoms with van der Waals surface area (Å²) in [6.07, 6.45) is 4.17. The molecule has 0 bridgehead atoms. The van der Waals surface area contributed by atoms with Crippen LogP contribution in [0.3, 0.4) is 0 Å². The first-order valence-electron chi connectivity index (χ1n) is 10.00. The van der Waals surface area contributed by atoms with E-state index in [1.165, 1.54) is 34.8 Å². The van der Waals surface area contributed by atoms with Gasteiger partial charge in [-0.05, 0) is 43.2 Å². The minimum atomic E-state index is -3.30. The molecule has 1 saturated carbocycles. The number of benzene rings is 1. The Hall–Kier alpha value is -2.68. The summed E-state index contributed by atoms with van der Waals surface area (Å²) in [4.78, 5) is 18.5. The maximum Gasteiger partial charge on any atom is 0.253 e. The van der Waals surface area contributed by atoms with Crippen molar-refractivity contribution in [3.8, 4) is 5.88 Å². The molecule has 1 aromatic carbocycles. The largest absolute Gasteiger partial charge is 0.474 e. The molecule has 1 aliphatic carbocycles. The van der Waals surface area contributed by atoms with E-state index in [2.05, 4.69) is 4.98 Å². The summed E-state index contributed by atoms with van der Waals surface area (Å²) >= 11 is 0. The molecular weight excluding hydrogens is 409 g/mol. The molecule has 0 spiro atoms. The maximum atomic E-state index is 13.0. The number of amides is 1. The zero-order valence-electron chi connectivity index (χ0n) is 16.7. The molecule has 1 aromatic heterocycles. The number of pyridine rings is 1. The second-order valence-corrected chi connectivity index (χ2v) is 9.93. The second-order valence-electron chi connectivity index (χ2n) is 7.68. The number of carbonyl (C=O) groups excluding carboxylic acids is 1. The molecule has 0 atom stereocenters. The van der Waals surface area contributed by atoms with E-state index in [0.29, 0.717) is 55.9 Å². The van der Waals surface area contributed by atoms with E-state index in [-0.39, 0.29) is 23.1 Å². The number of hydrogen-bond donors (Lipinski definition) is 0. The Labute approximate surface area is 175 Å². The number of aromatic nitrogens is 1. The minimum Gasteiger partial charge on any atom is -0.474 e. The molecule has 1 aliphatic heterocycles. The van der Waals surface area contributed by atoms with Crippen LogP contribution in [0.5, 0.6) is 5.88 Å². The van der Waals surface area contributed by atoms with Crippen LogP contribution in [0.1, 0.15) is 36.0 Å². The molecule has 0 N–H and O–H groups in total. The van der Waals surface area contributed by atoms with Crippen molar-refractivity contribution >= 4 is 21.6 Å². The second kappa shape index (κ2) is 8.22. The van der Waals surface area contributed by atoms with Crippen LogP contribution in [0.25, 0.3) is 0 Å². The van der Waals surface area contributed by atoms with Crippen molar-refractivity contribution in [3.63, 3.8) is 0 Å². The molecule has 2 heterocycles. The van der Waals surface area contributed by atoms with Crippen molar-refractivity contribution < 1.29 is 22.3 Å². The SMILES string of the molecule is CN(c1ccc(OC2CCN(C(=O)c3ccc(F)cc3)CC2)nc1)S(=O)(=O)C1CC1. The van der Waals surface area contributed by atoms with Gasteiger partial charge in [0.25, 0.3) is 5.91 Å². The number of halogens is 1. The van der Waals surface area contributed by atoms with Gasteiger partial charge in [-0.25, -0.2) is 17.8 Å². The van der Waals surface area contributed by atoms with Gasteiger partial charge in [0.1, 0.15) is 11.9 Å². The first-order valence-corrected chi connectivity index (χ1v) is 11.5. The van der Waals surface area contributed by atoms with Gasteiger partial charge in [0, 0.05) is 44.6 Å². The number of likely N-dealkylation sites (tertiary alicyclic amines) is 1. The molecule has 2 aliphatic rings. The number of ether oxygens (including phenoxy) is 1. The van der Waals surface area contributed by atoms with Gasteiger partial charge in [-0.3, -0.25) is 9.10 Å².